The summed E-state index contributed by atoms with van der Waals surface area (Å²) in [7, 11) is 3.34. The van der Waals surface area contributed by atoms with E-state index in [-0.39, 0.29) is 70.3 Å². The molecule has 0 saturated carbocycles. The SMILES string of the molecule is CC(C)CCC[C@@H](C)CCC[C@@H](C)CCCC(C)CCOC(=O)CCC(=O)OCCOCCOCCOCCOCCOCCOCCOC(=O)CCC(=O)O[C@@H]1CSSC[C@H]1OCc1ccccc1. The number of carbonyl (C=O) groups excluding carboxylic acids is 4. The Morgan fingerprint density at radius 2 is 0.800 bits per heavy atom. The number of hydrogen-bond donors (Lipinski definition) is 0. The summed E-state index contributed by atoms with van der Waals surface area (Å²) in [6.45, 7) is 17.0. The highest BCUT2D eigenvalue weighted by Gasteiger charge is 2.30. The van der Waals surface area contributed by atoms with Crippen LogP contribution in [0.3, 0.4) is 0 Å². The summed E-state index contributed by atoms with van der Waals surface area (Å²) in [4.78, 5) is 48.6. The van der Waals surface area contributed by atoms with Crippen LogP contribution in [0.15, 0.2) is 30.3 Å². The van der Waals surface area contributed by atoms with Crippen molar-refractivity contribution in [1.82, 2.24) is 0 Å². The van der Waals surface area contributed by atoms with E-state index in [1.807, 2.05) is 30.3 Å². The summed E-state index contributed by atoms with van der Waals surface area (Å²) in [5, 5.41) is 0. The van der Waals surface area contributed by atoms with Gasteiger partial charge in [0, 0.05) is 11.5 Å². The van der Waals surface area contributed by atoms with Crippen LogP contribution in [0.4, 0.5) is 0 Å². The third-order valence-corrected chi connectivity index (χ3v) is 14.0. The topological polar surface area (TPSA) is 170 Å². The predicted octanol–water partition coefficient (Wildman–Crippen LogP) is 9.63. The highest BCUT2D eigenvalue weighted by atomic mass is 33.1. The molecule has 1 aromatic rings. The molecule has 17 heteroatoms. The molecule has 0 bridgehead atoms. The van der Waals surface area contributed by atoms with Crippen LogP contribution in [0.2, 0.25) is 0 Å². The lowest BCUT2D eigenvalue weighted by Crippen LogP contribution is -2.39. The Morgan fingerprint density at radius 1 is 0.443 bits per heavy atom. The number of rotatable bonds is 46. The van der Waals surface area contributed by atoms with Gasteiger partial charge in [-0.15, -0.1) is 0 Å². The maximum atomic E-state index is 12.4. The molecule has 0 N–H and O–H groups in total. The van der Waals surface area contributed by atoms with E-state index in [0.29, 0.717) is 91.0 Å². The largest absolute Gasteiger partial charge is 0.466 e. The van der Waals surface area contributed by atoms with E-state index in [2.05, 4.69) is 34.6 Å². The molecular formula is C53H90O15S2. The van der Waals surface area contributed by atoms with Gasteiger partial charge in [-0.25, -0.2) is 0 Å². The lowest BCUT2D eigenvalue weighted by Gasteiger charge is -2.30. The van der Waals surface area contributed by atoms with E-state index in [9.17, 15) is 19.2 Å². The fraction of sp³-hybridized carbons (Fsp3) is 0.811. The smallest absolute Gasteiger partial charge is 0.306 e. The van der Waals surface area contributed by atoms with Crippen molar-refractivity contribution >= 4 is 45.5 Å². The Balaban J connectivity index is 1.26. The summed E-state index contributed by atoms with van der Waals surface area (Å²) in [6.07, 6.45) is 11.8. The Kier molecular flexibility index (Phi) is 40.0. The first kappa shape index (κ1) is 63.6. The van der Waals surface area contributed by atoms with E-state index in [1.165, 1.54) is 51.4 Å². The van der Waals surface area contributed by atoms with Crippen LogP contribution in [0.25, 0.3) is 0 Å². The fourth-order valence-electron chi connectivity index (χ4n) is 7.28. The van der Waals surface area contributed by atoms with Crippen molar-refractivity contribution in [3.05, 3.63) is 35.9 Å². The fourth-order valence-corrected chi connectivity index (χ4v) is 9.72. The first-order valence-electron chi connectivity index (χ1n) is 26.0. The summed E-state index contributed by atoms with van der Waals surface area (Å²) >= 11 is 0. The van der Waals surface area contributed by atoms with E-state index in [4.69, 9.17) is 52.1 Å². The van der Waals surface area contributed by atoms with Gasteiger partial charge in [-0.3, -0.25) is 19.2 Å². The van der Waals surface area contributed by atoms with Crippen LogP contribution in [-0.4, -0.2) is 147 Å². The van der Waals surface area contributed by atoms with Crippen molar-refractivity contribution in [2.45, 2.75) is 143 Å². The van der Waals surface area contributed by atoms with Crippen molar-refractivity contribution in [3.63, 3.8) is 0 Å². The van der Waals surface area contributed by atoms with Crippen LogP contribution in [0.1, 0.15) is 130 Å². The Bertz CT molecular complexity index is 1440. The van der Waals surface area contributed by atoms with E-state index in [1.54, 1.807) is 21.6 Å². The van der Waals surface area contributed by atoms with E-state index >= 15 is 0 Å². The number of benzene rings is 1. The van der Waals surface area contributed by atoms with E-state index < -0.39 is 17.9 Å². The molecule has 1 aliphatic rings. The molecule has 0 aromatic heterocycles. The molecule has 15 nitrogen and oxygen atoms in total. The maximum absolute atomic E-state index is 12.4. The van der Waals surface area contributed by atoms with Gasteiger partial charge < -0.3 is 52.1 Å². The summed E-state index contributed by atoms with van der Waals surface area (Å²) in [6, 6.07) is 9.86. The third-order valence-electron chi connectivity index (χ3n) is 11.6. The summed E-state index contributed by atoms with van der Waals surface area (Å²) in [5.74, 6) is 2.52. The molecule has 0 radical (unpaired) electrons. The minimum absolute atomic E-state index is 0.0111. The zero-order valence-electron chi connectivity index (χ0n) is 43.4. The quantitative estimate of drug-likeness (QED) is 0.0261. The van der Waals surface area contributed by atoms with Crippen LogP contribution in [-0.2, 0) is 77.9 Å². The number of ether oxygens (including phenoxy) is 11. The molecule has 0 spiro atoms. The van der Waals surface area contributed by atoms with E-state index in [0.717, 1.165) is 41.9 Å². The Hall–Kier alpha value is -2.48. The maximum Gasteiger partial charge on any atom is 0.306 e. The van der Waals surface area contributed by atoms with Crippen molar-refractivity contribution in [2.24, 2.45) is 23.7 Å². The standard InChI is InChI=1S/C53H90O15S2/c1-43(2)12-9-13-44(3)14-10-15-45(4)16-11-17-46(5)24-25-64-50(54)20-21-51(55)65-38-36-62-34-32-60-30-28-58-26-27-59-29-31-61-33-35-63-37-39-66-52(56)22-23-53(57)68-49-42-70-69-41-48(49)67-40-47-18-7-6-8-19-47/h6-8,18-19,43-46,48-49H,9-17,20-42H2,1-5H3/t44-,45-,46?,48-,49-/m1/s1. The molecule has 0 aliphatic carbocycles. The van der Waals surface area contributed by atoms with Crippen LogP contribution < -0.4 is 0 Å². The van der Waals surface area contributed by atoms with Gasteiger partial charge in [-0.2, -0.15) is 0 Å². The third kappa shape index (κ3) is 38.2. The summed E-state index contributed by atoms with van der Waals surface area (Å²) in [5.41, 5.74) is 1.06. The zero-order valence-corrected chi connectivity index (χ0v) is 45.1. The predicted molar refractivity (Wildman–Crippen MR) is 275 cm³/mol. The molecule has 1 fully saturated rings. The lowest BCUT2D eigenvalue weighted by atomic mass is 9.91. The molecule has 70 heavy (non-hydrogen) atoms. The molecule has 1 heterocycles. The Morgan fingerprint density at radius 3 is 1.23 bits per heavy atom. The average Bonchev–Trinajstić information content (AvgIpc) is 3.34. The highest BCUT2D eigenvalue weighted by molar-refractivity contribution is 8.76. The molecule has 404 valence electrons. The highest BCUT2D eigenvalue weighted by Crippen LogP contribution is 2.33. The van der Waals surface area contributed by atoms with Gasteiger partial charge in [0.25, 0.3) is 0 Å². The van der Waals surface area contributed by atoms with Gasteiger partial charge in [0.15, 0.2) is 0 Å². The summed E-state index contributed by atoms with van der Waals surface area (Å²) < 4.78 is 60.2. The molecule has 1 unspecified atom stereocenters. The molecule has 1 saturated heterocycles. The molecule has 2 rings (SSSR count). The molecular weight excluding hydrogens is 941 g/mol. The monoisotopic (exact) mass is 1030 g/mol. The van der Waals surface area contributed by atoms with Gasteiger partial charge >= 0.3 is 23.9 Å². The normalized spacial score (nSPS) is 16.1. The molecule has 5 atom stereocenters. The van der Waals surface area contributed by atoms with Gasteiger partial charge in [-0.05, 0) is 35.7 Å². The van der Waals surface area contributed by atoms with Crippen LogP contribution in [0.5, 0.6) is 0 Å². The van der Waals surface area contributed by atoms with Crippen LogP contribution in [0, 0.1) is 23.7 Å². The first-order valence-corrected chi connectivity index (χ1v) is 28.5. The van der Waals surface area contributed by atoms with Crippen molar-refractivity contribution < 1.29 is 71.3 Å². The zero-order chi connectivity index (χ0) is 50.7. The second kappa shape index (κ2) is 44.0. The Labute approximate surface area is 428 Å². The van der Waals surface area contributed by atoms with Crippen molar-refractivity contribution in [1.29, 1.82) is 0 Å². The van der Waals surface area contributed by atoms with Crippen molar-refractivity contribution in [2.75, 3.05) is 111 Å². The van der Waals surface area contributed by atoms with Gasteiger partial charge in [0.2, 0.25) is 0 Å². The van der Waals surface area contributed by atoms with Crippen LogP contribution >= 0.6 is 21.6 Å². The molecule has 1 aromatic carbocycles. The molecule has 1 aliphatic heterocycles. The van der Waals surface area contributed by atoms with Crippen molar-refractivity contribution in [3.8, 4) is 0 Å². The minimum Gasteiger partial charge on any atom is -0.466 e. The second-order valence-corrected chi connectivity index (χ2v) is 21.1. The minimum atomic E-state index is -0.483. The van der Waals surface area contributed by atoms with Gasteiger partial charge in [0.05, 0.1) is 118 Å². The van der Waals surface area contributed by atoms with Gasteiger partial charge in [-0.1, -0.05) is 144 Å². The first-order chi connectivity index (χ1) is 34.0. The number of esters is 4. The average molecular weight is 1030 g/mol. The van der Waals surface area contributed by atoms with Gasteiger partial charge in [0.1, 0.15) is 25.4 Å². The number of hydrogen-bond acceptors (Lipinski definition) is 17. The molecule has 0 amide bonds. The second-order valence-electron chi connectivity index (χ2n) is 18.6. The number of carbonyl (C=O) groups is 4. The lowest BCUT2D eigenvalue weighted by molar-refractivity contribution is -0.158.